The van der Waals surface area contributed by atoms with Crippen molar-refractivity contribution in [2.75, 3.05) is 33.0 Å². The van der Waals surface area contributed by atoms with Crippen LogP contribution in [0.25, 0.3) is 0 Å². The minimum Gasteiger partial charge on any atom is -0.457 e. The second-order valence-electron chi connectivity index (χ2n) is 12.5. The van der Waals surface area contributed by atoms with Crippen LogP contribution < -0.4 is 5.73 Å². The third kappa shape index (κ3) is 32.9. The second kappa shape index (κ2) is 33.9. The molecule has 0 aliphatic rings. The van der Waals surface area contributed by atoms with Crippen LogP contribution in [0.1, 0.15) is 181 Å². The molecule has 0 spiro atoms. The van der Waals surface area contributed by atoms with Gasteiger partial charge in [-0.05, 0) is 12.8 Å². The lowest BCUT2D eigenvalue weighted by atomic mass is 10.0. The van der Waals surface area contributed by atoms with Crippen LogP contribution in [0.4, 0.5) is 0 Å². The minimum absolute atomic E-state index is 0.0909. The van der Waals surface area contributed by atoms with Crippen molar-refractivity contribution in [1.29, 1.82) is 0 Å². The number of hydrogen-bond donors (Lipinski definition) is 2. The second-order valence-corrected chi connectivity index (χ2v) is 13.9. The van der Waals surface area contributed by atoms with Crippen LogP contribution in [-0.4, -0.2) is 49.9 Å². The lowest BCUT2D eigenvalue weighted by Gasteiger charge is -2.20. The number of phosphoric acid groups is 1. The van der Waals surface area contributed by atoms with Crippen molar-refractivity contribution in [3.63, 3.8) is 0 Å². The summed E-state index contributed by atoms with van der Waals surface area (Å²) in [6, 6.07) is 0. The zero-order valence-electron chi connectivity index (χ0n) is 28.9. The predicted molar refractivity (Wildman–Crippen MR) is 183 cm³/mol. The van der Waals surface area contributed by atoms with Gasteiger partial charge in [0.25, 0.3) is 0 Å². The number of carbonyl (C=O) groups is 1. The van der Waals surface area contributed by atoms with Crippen molar-refractivity contribution in [2.45, 2.75) is 187 Å². The quantitative estimate of drug-likeness (QED) is 0.0391. The van der Waals surface area contributed by atoms with Gasteiger partial charge in [0.2, 0.25) is 0 Å². The lowest BCUT2D eigenvalue weighted by molar-refractivity contribution is -0.154. The minimum atomic E-state index is -4.25. The first-order valence-electron chi connectivity index (χ1n) is 18.5. The van der Waals surface area contributed by atoms with Crippen LogP contribution in [-0.2, 0) is 27.9 Å². The van der Waals surface area contributed by atoms with E-state index in [1.54, 1.807) is 0 Å². The number of carbonyl (C=O) groups excluding carboxylic acids is 1. The first-order chi connectivity index (χ1) is 21.4. The van der Waals surface area contributed by atoms with Crippen LogP contribution in [0.3, 0.4) is 0 Å². The number of rotatable bonds is 36. The molecule has 2 unspecified atom stereocenters. The number of esters is 1. The predicted octanol–water partition coefficient (Wildman–Crippen LogP) is 10.2. The van der Waals surface area contributed by atoms with E-state index < -0.39 is 13.9 Å². The third-order valence-electron chi connectivity index (χ3n) is 8.02. The Hall–Kier alpha value is -0.500. The molecule has 264 valence electrons. The molecule has 0 aromatic rings. The fourth-order valence-electron chi connectivity index (χ4n) is 5.29. The van der Waals surface area contributed by atoms with E-state index in [0.717, 1.165) is 32.1 Å². The first-order valence-corrected chi connectivity index (χ1v) is 20.0. The Labute approximate surface area is 271 Å². The molecule has 0 aliphatic carbocycles. The molecule has 2 atom stereocenters. The van der Waals surface area contributed by atoms with Crippen molar-refractivity contribution in [2.24, 2.45) is 5.73 Å². The Morgan fingerprint density at radius 3 is 1.43 bits per heavy atom. The standard InChI is InChI=1S/C35H72NO7P/c1-3-5-7-9-11-12-13-14-15-16-17-18-19-20-21-23-25-27-30-40-32-34(33-42-44(38,39)41-31-29-36)43-35(37)28-26-24-22-10-8-6-4-2/h34H,3-33,36H2,1-2H3,(H,38,39). The summed E-state index contributed by atoms with van der Waals surface area (Å²) in [5.41, 5.74) is 5.33. The van der Waals surface area contributed by atoms with E-state index in [9.17, 15) is 14.3 Å². The highest BCUT2D eigenvalue weighted by Gasteiger charge is 2.25. The summed E-state index contributed by atoms with van der Waals surface area (Å²) in [5, 5.41) is 0. The number of unbranched alkanes of at least 4 members (excludes halogenated alkanes) is 23. The molecule has 0 heterocycles. The average molecular weight is 650 g/mol. The summed E-state index contributed by atoms with van der Waals surface area (Å²) < 4.78 is 33.1. The molecule has 0 fully saturated rings. The maximum Gasteiger partial charge on any atom is 0.472 e. The Morgan fingerprint density at radius 2 is 1.00 bits per heavy atom. The van der Waals surface area contributed by atoms with E-state index in [2.05, 4.69) is 13.8 Å². The van der Waals surface area contributed by atoms with Gasteiger partial charge in [-0.1, -0.05) is 162 Å². The Bertz CT molecular complexity index is 653. The van der Waals surface area contributed by atoms with Crippen molar-refractivity contribution in [3.05, 3.63) is 0 Å². The zero-order valence-corrected chi connectivity index (χ0v) is 29.8. The molecule has 8 nitrogen and oxygen atoms in total. The normalized spacial score (nSPS) is 13.6. The molecule has 0 aromatic heterocycles. The topological polar surface area (TPSA) is 117 Å². The molecule has 0 saturated carbocycles. The van der Waals surface area contributed by atoms with Crippen LogP contribution >= 0.6 is 7.82 Å². The molecule has 9 heteroatoms. The lowest BCUT2D eigenvalue weighted by Crippen LogP contribution is -2.28. The van der Waals surface area contributed by atoms with Gasteiger partial charge in [0.15, 0.2) is 0 Å². The van der Waals surface area contributed by atoms with Gasteiger partial charge >= 0.3 is 13.8 Å². The summed E-state index contributed by atoms with van der Waals surface area (Å²) >= 11 is 0. The van der Waals surface area contributed by atoms with Crippen molar-refractivity contribution in [1.82, 2.24) is 0 Å². The fourth-order valence-corrected chi connectivity index (χ4v) is 6.06. The highest BCUT2D eigenvalue weighted by molar-refractivity contribution is 7.47. The summed E-state index contributed by atoms with van der Waals surface area (Å²) in [4.78, 5) is 22.2. The van der Waals surface area contributed by atoms with Crippen molar-refractivity contribution in [3.8, 4) is 0 Å². The SMILES string of the molecule is CCCCCCCCCCCCCCCCCCCCOCC(COP(=O)(O)OCCN)OC(=O)CCCCCCCCC. The summed E-state index contributed by atoms with van der Waals surface area (Å²) in [5.74, 6) is -0.334. The largest absolute Gasteiger partial charge is 0.472 e. The van der Waals surface area contributed by atoms with Gasteiger partial charge in [0.05, 0.1) is 19.8 Å². The van der Waals surface area contributed by atoms with Gasteiger partial charge in [-0.3, -0.25) is 13.8 Å². The zero-order chi connectivity index (χ0) is 32.4. The molecule has 0 radical (unpaired) electrons. The highest BCUT2D eigenvalue weighted by Crippen LogP contribution is 2.43. The van der Waals surface area contributed by atoms with Crippen LogP contribution in [0.2, 0.25) is 0 Å². The fraction of sp³-hybridized carbons (Fsp3) is 0.971. The van der Waals surface area contributed by atoms with Crippen molar-refractivity contribution >= 4 is 13.8 Å². The third-order valence-corrected chi connectivity index (χ3v) is 9.01. The molecule has 0 amide bonds. The van der Waals surface area contributed by atoms with Gasteiger partial charge < -0.3 is 20.1 Å². The monoisotopic (exact) mass is 650 g/mol. The summed E-state index contributed by atoms with van der Waals surface area (Å²) in [7, 11) is -4.25. The van der Waals surface area contributed by atoms with E-state index in [1.807, 2.05) is 0 Å². The summed E-state index contributed by atoms with van der Waals surface area (Å²) in [6.07, 6.45) is 31.3. The maximum absolute atomic E-state index is 12.4. The summed E-state index contributed by atoms with van der Waals surface area (Å²) in [6.45, 7) is 4.91. The molecule has 0 saturated heterocycles. The van der Waals surface area contributed by atoms with Gasteiger partial charge in [0.1, 0.15) is 6.10 Å². The van der Waals surface area contributed by atoms with Gasteiger partial charge in [-0.15, -0.1) is 0 Å². The van der Waals surface area contributed by atoms with E-state index in [0.29, 0.717) is 13.0 Å². The molecule has 0 bridgehead atoms. The van der Waals surface area contributed by atoms with Gasteiger partial charge in [0, 0.05) is 19.6 Å². The Kier molecular flexibility index (Phi) is 33.5. The highest BCUT2D eigenvalue weighted by atomic mass is 31.2. The smallest absolute Gasteiger partial charge is 0.457 e. The Balaban J connectivity index is 3.92. The molecule has 44 heavy (non-hydrogen) atoms. The van der Waals surface area contributed by atoms with Gasteiger partial charge in [-0.25, -0.2) is 4.57 Å². The molecule has 0 aromatic carbocycles. The molecular formula is C35H72NO7P. The Morgan fingerprint density at radius 1 is 0.591 bits per heavy atom. The molecule has 0 rings (SSSR count). The maximum atomic E-state index is 12.4. The molecule has 0 aliphatic heterocycles. The number of nitrogens with two attached hydrogens (primary N) is 1. The van der Waals surface area contributed by atoms with Crippen LogP contribution in [0.5, 0.6) is 0 Å². The first kappa shape index (κ1) is 43.5. The average Bonchev–Trinajstić information content (AvgIpc) is 3.01. The van der Waals surface area contributed by atoms with Crippen molar-refractivity contribution < 1.29 is 32.8 Å². The number of phosphoric ester groups is 1. The van der Waals surface area contributed by atoms with E-state index in [-0.39, 0.29) is 32.3 Å². The molecular weight excluding hydrogens is 577 g/mol. The van der Waals surface area contributed by atoms with Crippen LogP contribution in [0.15, 0.2) is 0 Å². The van der Waals surface area contributed by atoms with Gasteiger partial charge in [-0.2, -0.15) is 0 Å². The number of ether oxygens (including phenoxy) is 2. The van der Waals surface area contributed by atoms with Crippen LogP contribution in [0, 0.1) is 0 Å². The van der Waals surface area contributed by atoms with E-state index >= 15 is 0 Å². The van der Waals surface area contributed by atoms with E-state index in [4.69, 9.17) is 24.3 Å². The molecule has 3 N–H and O–H groups in total. The number of hydrogen-bond acceptors (Lipinski definition) is 7. The van der Waals surface area contributed by atoms with E-state index in [1.165, 1.54) is 128 Å².